The van der Waals surface area contributed by atoms with Crippen LogP contribution in [-0.4, -0.2) is 53.9 Å². The Hall–Kier alpha value is -5.34. The fourth-order valence-corrected chi connectivity index (χ4v) is 3.27. The molecular formula is C27H29F3N6O6. The topological polar surface area (TPSA) is 189 Å². The van der Waals surface area contributed by atoms with E-state index in [0.717, 1.165) is 6.07 Å². The van der Waals surface area contributed by atoms with E-state index in [4.69, 9.17) is 25.7 Å². The molecule has 224 valence electrons. The first-order valence-corrected chi connectivity index (χ1v) is 11.9. The van der Waals surface area contributed by atoms with Crippen LogP contribution in [-0.2, 0) is 9.59 Å². The van der Waals surface area contributed by atoms with Crippen molar-refractivity contribution in [1.82, 2.24) is 15.8 Å². The van der Waals surface area contributed by atoms with Gasteiger partial charge in [-0.1, -0.05) is 0 Å². The summed E-state index contributed by atoms with van der Waals surface area (Å²) in [6, 6.07) is 9.02. The SMILES string of the molecule is CC(F)(F)C(=O)O.COc1cc(F)c(C(Nc2ccc(C(=N)N)cc2)C(=O)NNC(=O)c2ccncc2C)cc1OC. The molecule has 42 heavy (non-hydrogen) atoms. The van der Waals surface area contributed by atoms with Crippen molar-refractivity contribution in [3.63, 3.8) is 0 Å². The number of anilines is 1. The molecule has 0 aliphatic heterocycles. The molecule has 1 aromatic heterocycles. The van der Waals surface area contributed by atoms with Crippen LogP contribution in [0.5, 0.6) is 11.5 Å². The number of nitrogen functional groups attached to an aromatic ring is 1. The molecular weight excluding hydrogens is 561 g/mol. The molecule has 2 aromatic carbocycles. The van der Waals surface area contributed by atoms with E-state index in [2.05, 4.69) is 21.2 Å². The molecule has 1 atom stereocenters. The molecule has 3 aromatic rings. The number of hydrogen-bond donors (Lipinski definition) is 6. The smallest absolute Gasteiger partial charge is 0.374 e. The Morgan fingerprint density at radius 2 is 1.62 bits per heavy atom. The van der Waals surface area contributed by atoms with Crippen LogP contribution in [0.1, 0.15) is 40.0 Å². The molecule has 12 nitrogen and oxygen atoms in total. The van der Waals surface area contributed by atoms with Crippen molar-refractivity contribution in [3.8, 4) is 11.5 Å². The third kappa shape index (κ3) is 8.84. The molecule has 0 radical (unpaired) electrons. The number of carboxylic acids is 1. The third-order valence-electron chi connectivity index (χ3n) is 5.52. The molecule has 2 amide bonds. The molecule has 0 aliphatic rings. The zero-order valence-corrected chi connectivity index (χ0v) is 22.9. The Bertz CT molecular complexity index is 1450. The maximum absolute atomic E-state index is 15.1. The van der Waals surface area contributed by atoms with E-state index in [0.29, 0.717) is 29.3 Å². The van der Waals surface area contributed by atoms with Crippen molar-refractivity contribution in [3.05, 3.63) is 82.9 Å². The van der Waals surface area contributed by atoms with E-state index in [1.807, 2.05) is 0 Å². The number of carbonyl (C=O) groups is 3. The number of amides is 2. The monoisotopic (exact) mass is 590 g/mol. The number of benzene rings is 2. The van der Waals surface area contributed by atoms with Crippen molar-refractivity contribution in [2.45, 2.75) is 25.8 Å². The predicted molar refractivity (Wildman–Crippen MR) is 146 cm³/mol. The number of carboxylic acid groups (broad SMARTS) is 1. The summed E-state index contributed by atoms with van der Waals surface area (Å²) in [4.78, 5) is 38.9. The second-order valence-electron chi connectivity index (χ2n) is 8.62. The number of aryl methyl sites for hydroxylation is 1. The van der Waals surface area contributed by atoms with Crippen molar-refractivity contribution in [1.29, 1.82) is 5.41 Å². The molecule has 0 fully saturated rings. The summed E-state index contributed by atoms with van der Waals surface area (Å²) in [5.74, 6) is -7.46. The van der Waals surface area contributed by atoms with Gasteiger partial charge in [-0.2, -0.15) is 8.78 Å². The van der Waals surface area contributed by atoms with E-state index in [-0.39, 0.29) is 22.9 Å². The number of carbonyl (C=O) groups excluding carboxylic acids is 2. The lowest BCUT2D eigenvalue weighted by Crippen LogP contribution is -2.45. The van der Waals surface area contributed by atoms with Gasteiger partial charge in [0.2, 0.25) is 0 Å². The summed E-state index contributed by atoms with van der Waals surface area (Å²) in [5, 5.41) is 18.0. The number of alkyl halides is 2. The Labute approximate surface area is 238 Å². The van der Waals surface area contributed by atoms with Crippen LogP contribution in [0.25, 0.3) is 0 Å². The number of methoxy groups -OCH3 is 2. The van der Waals surface area contributed by atoms with Crippen LogP contribution in [0.2, 0.25) is 0 Å². The number of nitrogens with zero attached hydrogens (tertiary/aromatic N) is 1. The normalized spacial score (nSPS) is 11.2. The Kier molecular flexibility index (Phi) is 11.2. The maximum atomic E-state index is 15.1. The Balaban J connectivity index is 0.000000782. The van der Waals surface area contributed by atoms with Gasteiger partial charge in [0.05, 0.1) is 14.2 Å². The maximum Gasteiger partial charge on any atom is 0.374 e. The summed E-state index contributed by atoms with van der Waals surface area (Å²) in [5.41, 5.74) is 12.0. The second kappa shape index (κ2) is 14.3. The van der Waals surface area contributed by atoms with Gasteiger partial charge >= 0.3 is 11.9 Å². The highest BCUT2D eigenvalue weighted by Crippen LogP contribution is 2.34. The number of nitrogens with two attached hydrogens (primary N) is 1. The van der Waals surface area contributed by atoms with E-state index < -0.39 is 35.6 Å². The predicted octanol–water partition coefficient (Wildman–Crippen LogP) is 3.17. The van der Waals surface area contributed by atoms with E-state index in [1.54, 1.807) is 31.2 Å². The van der Waals surface area contributed by atoms with Crippen molar-refractivity contribution < 1.29 is 42.1 Å². The molecule has 1 heterocycles. The van der Waals surface area contributed by atoms with Gasteiger partial charge < -0.3 is 25.6 Å². The van der Waals surface area contributed by atoms with Gasteiger partial charge in [0.25, 0.3) is 11.8 Å². The summed E-state index contributed by atoms with van der Waals surface area (Å²) >= 11 is 0. The first kappa shape index (κ1) is 32.9. The van der Waals surface area contributed by atoms with Crippen LogP contribution in [0, 0.1) is 18.2 Å². The Morgan fingerprint density at radius 3 is 2.12 bits per heavy atom. The zero-order chi connectivity index (χ0) is 31.6. The molecule has 0 bridgehead atoms. The van der Waals surface area contributed by atoms with E-state index >= 15 is 4.39 Å². The highest BCUT2D eigenvalue weighted by atomic mass is 19.3. The van der Waals surface area contributed by atoms with Gasteiger partial charge in [-0.3, -0.25) is 30.8 Å². The fourth-order valence-electron chi connectivity index (χ4n) is 3.27. The van der Waals surface area contributed by atoms with Crippen LogP contribution >= 0.6 is 0 Å². The molecule has 3 rings (SSSR count). The van der Waals surface area contributed by atoms with Gasteiger partial charge in [-0.25, -0.2) is 9.18 Å². The lowest BCUT2D eigenvalue weighted by molar-refractivity contribution is -0.161. The number of aromatic nitrogens is 1. The summed E-state index contributed by atoms with van der Waals surface area (Å²) in [7, 11) is 2.76. The highest BCUT2D eigenvalue weighted by Gasteiger charge is 2.31. The van der Waals surface area contributed by atoms with E-state index in [9.17, 15) is 23.2 Å². The van der Waals surface area contributed by atoms with Gasteiger partial charge in [-0.15, -0.1) is 0 Å². The number of ether oxygens (including phenoxy) is 2. The minimum absolute atomic E-state index is 0.0508. The number of rotatable bonds is 9. The van der Waals surface area contributed by atoms with Crippen molar-refractivity contribution in [2.75, 3.05) is 19.5 Å². The quantitative estimate of drug-likeness (QED) is 0.124. The number of aliphatic carboxylic acids is 1. The van der Waals surface area contributed by atoms with Crippen LogP contribution in [0.4, 0.5) is 18.9 Å². The molecule has 0 saturated carbocycles. The van der Waals surface area contributed by atoms with Crippen LogP contribution in [0.3, 0.4) is 0 Å². The van der Waals surface area contributed by atoms with Crippen LogP contribution < -0.4 is 31.4 Å². The summed E-state index contributed by atoms with van der Waals surface area (Å²) in [6.45, 7) is 2.03. The number of nitrogens with one attached hydrogen (secondary N) is 4. The van der Waals surface area contributed by atoms with Gasteiger partial charge in [0.15, 0.2) is 11.5 Å². The van der Waals surface area contributed by atoms with Crippen molar-refractivity contribution in [2.24, 2.45) is 5.73 Å². The highest BCUT2D eigenvalue weighted by molar-refractivity contribution is 5.97. The largest absolute Gasteiger partial charge is 0.493 e. The second-order valence-corrected chi connectivity index (χ2v) is 8.62. The zero-order valence-electron chi connectivity index (χ0n) is 22.9. The Morgan fingerprint density at radius 1 is 1.05 bits per heavy atom. The number of halogens is 3. The summed E-state index contributed by atoms with van der Waals surface area (Å²) in [6.07, 6.45) is 2.97. The number of pyridine rings is 1. The first-order chi connectivity index (χ1) is 19.7. The third-order valence-corrected chi connectivity index (χ3v) is 5.52. The average Bonchev–Trinajstić information content (AvgIpc) is 2.94. The lowest BCUT2D eigenvalue weighted by Gasteiger charge is -2.22. The minimum atomic E-state index is -3.58. The minimum Gasteiger partial charge on any atom is -0.493 e. The molecule has 15 heteroatoms. The average molecular weight is 591 g/mol. The fraction of sp³-hybridized carbons (Fsp3) is 0.222. The molecule has 0 saturated heterocycles. The molecule has 0 spiro atoms. The number of amidine groups is 1. The van der Waals surface area contributed by atoms with Gasteiger partial charge in [0.1, 0.15) is 17.7 Å². The summed E-state index contributed by atoms with van der Waals surface area (Å²) < 4.78 is 47.9. The standard InChI is InChI=1S/C24H25FN6O4.C3H4F2O2/c1-13-12-28-9-8-16(13)23(32)30-31-24(33)21(29-15-6-4-14(5-7-15)22(26)27)17-10-19(34-2)20(35-3)11-18(17)25;1-3(4,5)2(6)7/h4-12,21,29H,1-3H3,(H3,26,27)(H,30,32)(H,31,33);1H3,(H,6,7). The lowest BCUT2D eigenvalue weighted by atomic mass is 10.0. The molecule has 0 aliphatic carbocycles. The van der Waals surface area contributed by atoms with Gasteiger partial charge in [-0.05, 0) is 48.9 Å². The first-order valence-electron chi connectivity index (χ1n) is 11.9. The van der Waals surface area contributed by atoms with Crippen LogP contribution in [0.15, 0.2) is 54.9 Å². The number of hydrazine groups is 1. The molecule has 7 N–H and O–H groups in total. The van der Waals surface area contributed by atoms with Crippen molar-refractivity contribution >= 4 is 29.3 Å². The van der Waals surface area contributed by atoms with E-state index in [1.165, 1.54) is 38.7 Å². The number of hydrogen-bond acceptors (Lipinski definition) is 8. The molecule has 1 unspecified atom stereocenters. The van der Waals surface area contributed by atoms with Gasteiger partial charge in [0, 0.05) is 47.8 Å².